The van der Waals surface area contributed by atoms with Crippen molar-refractivity contribution in [2.45, 2.75) is 33.6 Å². The SMILES string of the molecule is CCCc1ccc(OCC)c(C=CC(=O)c2ccc(NC)cc2)c1OCC. The summed E-state index contributed by atoms with van der Waals surface area (Å²) >= 11 is 0. The zero-order chi connectivity index (χ0) is 19.6. The number of rotatable bonds is 10. The number of ether oxygens (including phenoxy) is 2. The van der Waals surface area contributed by atoms with Gasteiger partial charge in [-0.25, -0.2) is 0 Å². The lowest BCUT2D eigenvalue weighted by Gasteiger charge is -2.16. The van der Waals surface area contributed by atoms with Crippen LogP contribution in [0.2, 0.25) is 0 Å². The molecule has 0 aliphatic heterocycles. The van der Waals surface area contributed by atoms with Crippen LogP contribution in [0.15, 0.2) is 42.5 Å². The van der Waals surface area contributed by atoms with Crippen molar-refractivity contribution in [3.05, 3.63) is 59.2 Å². The van der Waals surface area contributed by atoms with Crippen molar-refractivity contribution in [1.82, 2.24) is 0 Å². The van der Waals surface area contributed by atoms with E-state index >= 15 is 0 Å². The van der Waals surface area contributed by atoms with Crippen LogP contribution in [0.5, 0.6) is 11.5 Å². The summed E-state index contributed by atoms with van der Waals surface area (Å²) in [5.41, 5.74) is 3.57. The maximum atomic E-state index is 12.6. The predicted molar refractivity (Wildman–Crippen MR) is 112 cm³/mol. The summed E-state index contributed by atoms with van der Waals surface area (Å²) in [4.78, 5) is 12.6. The maximum Gasteiger partial charge on any atom is 0.185 e. The van der Waals surface area contributed by atoms with Crippen LogP contribution < -0.4 is 14.8 Å². The van der Waals surface area contributed by atoms with E-state index in [9.17, 15) is 4.79 Å². The summed E-state index contributed by atoms with van der Waals surface area (Å²) in [6.07, 6.45) is 5.34. The Morgan fingerprint density at radius 1 is 1.00 bits per heavy atom. The first-order valence-corrected chi connectivity index (χ1v) is 9.56. The quantitative estimate of drug-likeness (QED) is 0.453. The van der Waals surface area contributed by atoms with Crippen LogP contribution in [-0.2, 0) is 6.42 Å². The number of benzene rings is 2. The molecule has 0 heterocycles. The topological polar surface area (TPSA) is 47.6 Å². The van der Waals surface area contributed by atoms with Crippen LogP contribution in [-0.4, -0.2) is 26.0 Å². The molecule has 2 aromatic carbocycles. The zero-order valence-corrected chi connectivity index (χ0v) is 16.7. The first kappa shape index (κ1) is 20.6. The lowest BCUT2D eigenvalue weighted by Crippen LogP contribution is -2.03. The maximum absolute atomic E-state index is 12.6. The normalized spacial score (nSPS) is 10.8. The summed E-state index contributed by atoms with van der Waals surface area (Å²) in [5.74, 6) is 1.48. The number of hydrogen-bond acceptors (Lipinski definition) is 4. The molecule has 0 atom stereocenters. The lowest BCUT2D eigenvalue weighted by molar-refractivity contribution is 0.104. The Morgan fingerprint density at radius 3 is 2.30 bits per heavy atom. The Hall–Kier alpha value is -2.75. The molecule has 2 rings (SSSR count). The summed E-state index contributed by atoms with van der Waals surface area (Å²) in [6, 6.07) is 11.4. The Morgan fingerprint density at radius 2 is 1.70 bits per heavy atom. The minimum atomic E-state index is -0.0524. The number of anilines is 1. The number of carbonyl (C=O) groups is 1. The van der Waals surface area contributed by atoms with Gasteiger partial charge >= 0.3 is 0 Å². The van der Waals surface area contributed by atoms with Gasteiger partial charge < -0.3 is 14.8 Å². The van der Waals surface area contributed by atoms with E-state index in [2.05, 4.69) is 18.3 Å². The molecule has 0 spiro atoms. The molecule has 4 nitrogen and oxygen atoms in total. The van der Waals surface area contributed by atoms with Gasteiger partial charge in [0.15, 0.2) is 5.78 Å². The van der Waals surface area contributed by atoms with Crippen molar-refractivity contribution in [3.8, 4) is 11.5 Å². The molecule has 0 fully saturated rings. The molecule has 0 aliphatic carbocycles. The molecule has 0 bridgehead atoms. The van der Waals surface area contributed by atoms with E-state index in [0.717, 1.165) is 41.2 Å². The number of carbonyl (C=O) groups excluding carboxylic acids is 1. The van der Waals surface area contributed by atoms with Gasteiger partial charge in [-0.1, -0.05) is 19.4 Å². The van der Waals surface area contributed by atoms with E-state index in [0.29, 0.717) is 18.8 Å². The predicted octanol–water partition coefficient (Wildman–Crippen LogP) is 5.37. The fourth-order valence-corrected chi connectivity index (χ4v) is 2.90. The zero-order valence-electron chi connectivity index (χ0n) is 16.7. The van der Waals surface area contributed by atoms with Crippen molar-refractivity contribution < 1.29 is 14.3 Å². The second-order valence-corrected chi connectivity index (χ2v) is 6.11. The largest absolute Gasteiger partial charge is 0.493 e. The molecule has 0 amide bonds. The molecule has 0 unspecified atom stereocenters. The standard InChI is InChI=1S/C23H29NO3/c1-5-8-18-11-16-22(26-6-2)20(23(18)27-7-3)14-15-21(25)17-9-12-19(24-4)13-10-17/h9-16,24H,5-8H2,1-4H3. The van der Waals surface area contributed by atoms with E-state index in [1.807, 2.05) is 57.3 Å². The van der Waals surface area contributed by atoms with E-state index in [4.69, 9.17) is 9.47 Å². The van der Waals surface area contributed by atoms with Gasteiger partial charge in [-0.05, 0) is 68.3 Å². The van der Waals surface area contributed by atoms with Gasteiger partial charge in [-0.15, -0.1) is 0 Å². The summed E-state index contributed by atoms with van der Waals surface area (Å²) in [5, 5.41) is 3.05. The number of ketones is 1. The van der Waals surface area contributed by atoms with Crippen LogP contribution in [0, 0.1) is 0 Å². The van der Waals surface area contributed by atoms with Gasteiger partial charge in [0.25, 0.3) is 0 Å². The smallest absolute Gasteiger partial charge is 0.185 e. The molecule has 0 radical (unpaired) electrons. The van der Waals surface area contributed by atoms with Crippen LogP contribution in [0.4, 0.5) is 5.69 Å². The van der Waals surface area contributed by atoms with E-state index < -0.39 is 0 Å². The summed E-state index contributed by atoms with van der Waals surface area (Å²) < 4.78 is 11.7. The first-order valence-electron chi connectivity index (χ1n) is 9.56. The highest BCUT2D eigenvalue weighted by Gasteiger charge is 2.14. The van der Waals surface area contributed by atoms with Gasteiger partial charge in [0, 0.05) is 18.3 Å². The van der Waals surface area contributed by atoms with Gasteiger partial charge in [0.1, 0.15) is 11.5 Å². The van der Waals surface area contributed by atoms with Gasteiger partial charge in [-0.2, -0.15) is 0 Å². The molecule has 0 aliphatic rings. The van der Waals surface area contributed by atoms with Crippen LogP contribution in [0.1, 0.15) is 48.7 Å². The Kier molecular flexibility index (Phi) is 7.93. The average molecular weight is 367 g/mol. The fourth-order valence-electron chi connectivity index (χ4n) is 2.90. The van der Waals surface area contributed by atoms with Crippen molar-refractivity contribution in [2.75, 3.05) is 25.6 Å². The molecule has 0 saturated heterocycles. The van der Waals surface area contributed by atoms with E-state index in [1.165, 1.54) is 0 Å². The molecule has 2 aromatic rings. The highest BCUT2D eigenvalue weighted by molar-refractivity contribution is 6.07. The monoisotopic (exact) mass is 367 g/mol. The molecule has 4 heteroatoms. The third kappa shape index (κ3) is 5.36. The van der Waals surface area contributed by atoms with Crippen LogP contribution in [0.3, 0.4) is 0 Å². The minimum Gasteiger partial charge on any atom is -0.493 e. The number of hydrogen-bond donors (Lipinski definition) is 1. The van der Waals surface area contributed by atoms with Gasteiger partial charge in [0.05, 0.1) is 18.8 Å². The van der Waals surface area contributed by atoms with E-state index in [1.54, 1.807) is 6.08 Å². The Bertz CT molecular complexity index is 779. The Labute approximate surface area is 162 Å². The number of allylic oxidation sites excluding steroid dienone is 1. The first-order chi connectivity index (χ1) is 13.1. The van der Waals surface area contributed by atoms with E-state index in [-0.39, 0.29) is 5.78 Å². The molecule has 1 N–H and O–H groups in total. The number of aryl methyl sites for hydroxylation is 1. The molecule has 27 heavy (non-hydrogen) atoms. The van der Waals surface area contributed by atoms with Gasteiger partial charge in [0.2, 0.25) is 0 Å². The summed E-state index contributed by atoms with van der Waals surface area (Å²) in [6.45, 7) is 7.17. The number of nitrogens with one attached hydrogen (secondary N) is 1. The lowest BCUT2D eigenvalue weighted by atomic mass is 10.0. The van der Waals surface area contributed by atoms with Crippen LogP contribution >= 0.6 is 0 Å². The van der Waals surface area contributed by atoms with Crippen molar-refractivity contribution in [3.63, 3.8) is 0 Å². The van der Waals surface area contributed by atoms with Crippen LogP contribution in [0.25, 0.3) is 6.08 Å². The minimum absolute atomic E-state index is 0.0524. The van der Waals surface area contributed by atoms with Gasteiger partial charge in [-0.3, -0.25) is 4.79 Å². The molecule has 0 aromatic heterocycles. The molecule has 0 saturated carbocycles. The second-order valence-electron chi connectivity index (χ2n) is 6.11. The Balaban J connectivity index is 2.39. The summed E-state index contributed by atoms with van der Waals surface area (Å²) in [7, 11) is 1.85. The molecular weight excluding hydrogens is 338 g/mol. The second kappa shape index (κ2) is 10.4. The van der Waals surface area contributed by atoms with Crippen molar-refractivity contribution in [2.24, 2.45) is 0 Å². The highest BCUT2D eigenvalue weighted by Crippen LogP contribution is 2.35. The fraction of sp³-hybridized carbons (Fsp3) is 0.348. The third-order valence-corrected chi connectivity index (χ3v) is 4.20. The van der Waals surface area contributed by atoms with Crippen molar-refractivity contribution >= 4 is 17.5 Å². The molecular formula is C23H29NO3. The van der Waals surface area contributed by atoms with Crippen molar-refractivity contribution in [1.29, 1.82) is 0 Å². The third-order valence-electron chi connectivity index (χ3n) is 4.20. The highest BCUT2D eigenvalue weighted by atomic mass is 16.5. The molecule has 144 valence electrons. The average Bonchev–Trinajstić information content (AvgIpc) is 2.69.